The van der Waals surface area contributed by atoms with Crippen molar-refractivity contribution >= 4 is 5.91 Å². The highest BCUT2D eigenvalue weighted by Gasteiger charge is 2.14. The first kappa shape index (κ1) is 14.5. The molecule has 4 heteroatoms. The fraction of sp³-hybridized carbons (Fsp3) is 0.500. The Kier molecular flexibility index (Phi) is 5.65. The van der Waals surface area contributed by atoms with Crippen molar-refractivity contribution < 1.29 is 14.3 Å². The largest absolute Gasteiger partial charge is 0.481 e. The van der Waals surface area contributed by atoms with Gasteiger partial charge in [0.15, 0.2) is 6.10 Å². The van der Waals surface area contributed by atoms with E-state index < -0.39 is 6.10 Å². The van der Waals surface area contributed by atoms with Crippen molar-refractivity contribution in [3.8, 4) is 5.75 Å². The normalized spacial score (nSPS) is 12.0. The van der Waals surface area contributed by atoms with E-state index >= 15 is 0 Å². The van der Waals surface area contributed by atoms with Crippen molar-refractivity contribution in [2.24, 2.45) is 0 Å². The lowest BCUT2D eigenvalue weighted by atomic mass is 10.1. The van der Waals surface area contributed by atoms with E-state index in [1.807, 2.05) is 32.0 Å². The lowest BCUT2D eigenvalue weighted by molar-refractivity contribution is -0.127. The maximum Gasteiger partial charge on any atom is 0.260 e. The zero-order valence-corrected chi connectivity index (χ0v) is 11.4. The Morgan fingerprint density at radius 2 is 2.11 bits per heavy atom. The van der Waals surface area contributed by atoms with Crippen LogP contribution in [0.4, 0.5) is 0 Å². The average molecular weight is 251 g/mol. The van der Waals surface area contributed by atoms with E-state index in [2.05, 4.69) is 5.32 Å². The zero-order valence-electron chi connectivity index (χ0n) is 11.4. The molecule has 0 heterocycles. The van der Waals surface area contributed by atoms with E-state index in [1.165, 1.54) is 0 Å². The van der Waals surface area contributed by atoms with Gasteiger partial charge < -0.3 is 14.8 Å². The molecule has 0 saturated carbocycles. The molecule has 1 aromatic rings. The summed E-state index contributed by atoms with van der Waals surface area (Å²) >= 11 is 0. The summed E-state index contributed by atoms with van der Waals surface area (Å²) in [5.74, 6) is 0.623. The summed E-state index contributed by atoms with van der Waals surface area (Å²) in [6, 6.07) is 5.94. The van der Waals surface area contributed by atoms with Crippen LogP contribution in [-0.2, 0) is 9.53 Å². The van der Waals surface area contributed by atoms with Crippen molar-refractivity contribution in [3.63, 3.8) is 0 Å². The van der Waals surface area contributed by atoms with Crippen LogP contribution in [-0.4, -0.2) is 32.3 Å². The van der Waals surface area contributed by atoms with Gasteiger partial charge in [-0.25, -0.2) is 0 Å². The van der Waals surface area contributed by atoms with Gasteiger partial charge in [-0.3, -0.25) is 4.79 Å². The van der Waals surface area contributed by atoms with Crippen molar-refractivity contribution in [3.05, 3.63) is 29.3 Å². The van der Waals surface area contributed by atoms with E-state index in [0.717, 1.165) is 16.9 Å². The minimum absolute atomic E-state index is 0.132. The summed E-state index contributed by atoms with van der Waals surface area (Å²) < 4.78 is 10.5. The second-order valence-electron chi connectivity index (χ2n) is 4.31. The first-order valence-electron chi connectivity index (χ1n) is 6.05. The number of carbonyl (C=O) groups is 1. The van der Waals surface area contributed by atoms with Crippen molar-refractivity contribution in [2.45, 2.75) is 26.9 Å². The minimum atomic E-state index is -0.512. The molecule has 1 aromatic carbocycles. The van der Waals surface area contributed by atoms with Gasteiger partial charge in [0, 0.05) is 13.7 Å². The smallest absolute Gasteiger partial charge is 0.260 e. The van der Waals surface area contributed by atoms with Gasteiger partial charge in [0.05, 0.1) is 6.61 Å². The molecule has 1 amide bonds. The molecule has 0 aromatic heterocycles. The predicted molar refractivity (Wildman–Crippen MR) is 70.9 cm³/mol. The fourth-order valence-electron chi connectivity index (χ4n) is 1.50. The summed E-state index contributed by atoms with van der Waals surface area (Å²) in [6.07, 6.45) is -0.512. The number of carbonyl (C=O) groups excluding carboxylic acids is 1. The predicted octanol–water partition coefficient (Wildman–Crippen LogP) is 1.83. The van der Waals surface area contributed by atoms with Gasteiger partial charge in [0.1, 0.15) is 5.75 Å². The summed E-state index contributed by atoms with van der Waals surface area (Å²) in [6.45, 7) is 6.70. The van der Waals surface area contributed by atoms with Crippen LogP contribution in [0.5, 0.6) is 5.75 Å². The zero-order chi connectivity index (χ0) is 13.5. The number of hydrogen-bond acceptors (Lipinski definition) is 3. The fourth-order valence-corrected chi connectivity index (χ4v) is 1.50. The van der Waals surface area contributed by atoms with Crippen molar-refractivity contribution in [1.82, 2.24) is 5.32 Å². The third-order valence-electron chi connectivity index (χ3n) is 2.62. The maximum atomic E-state index is 11.7. The van der Waals surface area contributed by atoms with E-state index in [1.54, 1.807) is 14.0 Å². The van der Waals surface area contributed by atoms with Gasteiger partial charge in [-0.1, -0.05) is 12.1 Å². The van der Waals surface area contributed by atoms with Crippen LogP contribution >= 0.6 is 0 Å². The maximum absolute atomic E-state index is 11.7. The number of aryl methyl sites for hydroxylation is 2. The molecule has 1 unspecified atom stereocenters. The lowest BCUT2D eigenvalue weighted by Crippen LogP contribution is -2.38. The quantitative estimate of drug-likeness (QED) is 0.785. The van der Waals surface area contributed by atoms with Crippen LogP contribution < -0.4 is 10.1 Å². The Labute approximate surface area is 108 Å². The van der Waals surface area contributed by atoms with E-state index in [4.69, 9.17) is 9.47 Å². The first-order chi connectivity index (χ1) is 8.54. The van der Waals surface area contributed by atoms with Gasteiger partial charge in [0.25, 0.3) is 5.91 Å². The molecule has 0 aliphatic rings. The number of benzene rings is 1. The first-order valence-corrected chi connectivity index (χ1v) is 6.05. The third-order valence-corrected chi connectivity index (χ3v) is 2.62. The Morgan fingerprint density at radius 1 is 1.39 bits per heavy atom. The molecule has 1 atom stereocenters. The number of methoxy groups -OCH3 is 1. The molecule has 1 rings (SSSR count). The van der Waals surface area contributed by atoms with Crippen molar-refractivity contribution in [1.29, 1.82) is 0 Å². The SMILES string of the molecule is COCCNC(=O)C(C)Oc1cc(C)ccc1C. The second kappa shape index (κ2) is 7.01. The molecule has 0 saturated heterocycles. The summed E-state index contributed by atoms with van der Waals surface area (Å²) in [7, 11) is 1.60. The van der Waals surface area contributed by atoms with E-state index in [0.29, 0.717) is 13.2 Å². The van der Waals surface area contributed by atoms with Crippen LogP contribution in [0.15, 0.2) is 18.2 Å². The Morgan fingerprint density at radius 3 is 2.78 bits per heavy atom. The van der Waals surface area contributed by atoms with Crippen LogP contribution in [0.1, 0.15) is 18.1 Å². The van der Waals surface area contributed by atoms with Gasteiger partial charge >= 0.3 is 0 Å². The molecule has 0 aliphatic heterocycles. The highest BCUT2D eigenvalue weighted by molar-refractivity contribution is 5.80. The van der Waals surface area contributed by atoms with Crippen LogP contribution in [0.25, 0.3) is 0 Å². The van der Waals surface area contributed by atoms with Crippen molar-refractivity contribution in [2.75, 3.05) is 20.3 Å². The third kappa shape index (κ3) is 4.37. The molecule has 0 radical (unpaired) electrons. The summed E-state index contributed by atoms with van der Waals surface area (Å²) in [5.41, 5.74) is 2.14. The molecule has 1 N–H and O–H groups in total. The molecule has 4 nitrogen and oxygen atoms in total. The van der Waals surface area contributed by atoms with Crippen LogP contribution in [0, 0.1) is 13.8 Å². The van der Waals surface area contributed by atoms with Crippen LogP contribution in [0.3, 0.4) is 0 Å². The van der Waals surface area contributed by atoms with Gasteiger partial charge in [0.2, 0.25) is 0 Å². The molecular weight excluding hydrogens is 230 g/mol. The molecule has 0 spiro atoms. The molecule has 0 aliphatic carbocycles. The van der Waals surface area contributed by atoms with Gasteiger partial charge in [-0.2, -0.15) is 0 Å². The molecule has 0 bridgehead atoms. The molecule has 18 heavy (non-hydrogen) atoms. The standard InChI is InChI=1S/C14H21NO3/c1-10-5-6-11(2)13(9-10)18-12(3)14(16)15-7-8-17-4/h5-6,9,12H,7-8H2,1-4H3,(H,15,16). The van der Waals surface area contributed by atoms with Crippen LogP contribution in [0.2, 0.25) is 0 Å². The Hall–Kier alpha value is -1.55. The number of nitrogens with one attached hydrogen (secondary N) is 1. The molecule has 100 valence electrons. The molecular formula is C14H21NO3. The number of hydrogen-bond donors (Lipinski definition) is 1. The Bertz CT molecular complexity index is 404. The highest BCUT2D eigenvalue weighted by Crippen LogP contribution is 2.20. The summed E-state index contributed by atoms with van der Waals surface area (Å²) in [4.78, 5) is 11.7. The monoisotopic (exact) mass is 251 g/mol. The van der Waals surface area contributed by atoms with Gasteiger partial charge in [-0.15, -0.1) is 0 Å². The number of rotatable bonds is 6. The molecule has 0 fully saturated rings. The average Bonchev–Trinajstić information content (AvgIpc) is 2.34. The summed E-state index contributed by atoms with van der Waals surface area (Å²) in [5, 5.41) is 2.75. The van der Waals surface area contributed by atoms with E-state index in [9.17, 15) is 4.79 Å². The lowest BCUT2D eigenvalue weighted by Gasteiger charge is -2.16. The van der Waals surface area contributed by atoms with Gasteiger partial charge in [-0.05, 0) is 38.0 Å². The Balaban J connectivity index is 2.55. The minimum Gasteiger partial charge on any atom is -0.481 e. The topological polar surface area (TPSA) is 47.6 Å². The number of ether oxygens (including phenoxy) is 2. The number of amides is 1. The highest BCUT2D eigenvalue weighted by atomic mass is 16.5. The van der Waals surface area contributed by atoms with E-state index in [-0.39, 0.29) is 5.91 Å². The second-order valence-corrected chi connectivity index (χ2v) is 4.31.